The van der Waals surface area contributed by atoms with Gasteiger partial charge in [-0.25, -0.2) is 0 Å². The molecule has 37 heavy (non-hydrogen) atoms. The first-order valence-corrected chi connectivity index (χ1v) is 13.9. The smallest absolute Gasteiger partial charge is 0.253 e. The molecule has 3 aromatic rings. The molecule has 0 unspecified atom stereocenters. The van der Waals surface area contributed by atoms with Gasteiger partial charge in [-0.3, -0.25) is 14.3 Å². The second-order valence-corrected chi connectivity index (χ2v) is 11.1. The normalized spacial score (nSPS) is 16.6. The third-order valence-corrected chi connectivity index (χ3v) is 7.86. The Kier molecular flexibility index (Phi) is 7.75. The van der Waals surface area contributed by atoms with Gasteiger partial charge in [0.2, 0.25) is 0 Å². The van der Waals surface area contributed by atoms with Gasteiger partial charge < -0.3 is 9.64 Å². The number of ether oxygens (including phenoxy) is 1. The number of aromatic nitrogens is 2. The number of hydrogen-bond acceptors (Lipinski definition) is 4. The van der Waals surface area contributed by atoms with Gasteiger partial charge in [0.25, 0.3) is 5.91 Å². The largest absolute Gasteiger partial charge is 0.379 e. The van der Waals surface area contributed by atoms with Crippen molar-refractivity contribution in [3.63, 3.8) is 0 Å². The van der Waals surface area contributed by atoms with E-state index in [0.717, 1.165) is 66.5 Å². The summed E-state index contributed by atoms with van der Waals surface area (Å²) in [6.07, 6.45) is 8.01. The molecular formula is C31H39N3O3. The van der Waals surface area contributed by atoms with Crippen LogP contribution in [0.4, 0.5) is 0 Å². The van der Waals surface area contributed by atoms with E-state index in [9.17, 15) is 9.59 Å². The van der Waals surface area contributed by atoms with Crippen LogP contribution in [0.15, 0.2) is 42.6 Å². The first-order chi connectivity index (χ1) is 17.9. The molecule has 196 valence electrons. The van der Waals surface area contributed by atoms with Crippen molar-refractivity contribution in [3.05, 3.63) is 64.8 Å². The van der Waals surface area contributed by atoms with Crippen LogP contribution in [-0.4, -0.2) is 52.2 Å². The van der Waals surface area contributed by atoms with Crippen molar-refractivity contribution in [1.29, 1.82) is 0 Å². The summed E-state index contributed by atoms with van der Waals surface area (Å²) in [6.45, 7) is 9.05. The molecule has 1 saturated heterocycles. The van der Waals surface area contributed by atoms with E-state index in [1.165, 1.54) is 18.4 Å². The molecule has 6 nitrogen and oxygen atoms in total. The molecule has 0 N–H and O–H groups in total. The van der Waals surface area contributed by atoms with Crippen LogP contribution in [0.3, 0.4) is 0 Å². The van der Waals surface area contributed by atoms with E-state index in [-0.39, 0.29) is 17.8 Å². The van der Waals surface area contributed by atoms with Crippen LogP contribution in [0.5, 0.6) is 0 Å². The summed E-state index contributed by atoms with van der Waals surface area (Å²) in [5.74, 6) is 1.51. The third kappa shape index (κ3) is 6.12. The van der Waals surface area contributed by atoms with Gasteiger partial charge in [-0.1, -0.05) is 12.1 Å². The fraction of sp³-hybridized carbons (Fsp3) is 0.516. The molecule has 2 heterocycles. The first kappa shape index (κ1) is 25.7. The number of nitrogens with zero attached hydrogens (tertiary/aromatic N) is 3. The summed E-state index contributed by atoms with van der Waals surface area (Å²) in [6, 6.07) is 12.1. The molecule has 1 amide bonds. The molecule has 2 aromatic carbocycles. The number of ketones is 1. The van der Waals surface area contributed by atoms with Gasteiger partial charge in [-0.2, -0.15) is 5.10 Å². The number of hydrogen-bond donors (Lipinski definition) is 0. The van der Waals surface area contributed by atoms with Crippen molar-refractivity contribution < 1.29 is 14.3 Å². The Morgan fingerprint density at radius 1 is 1.03 bits per heavy atom. The fourth-order valence-electron chi connectivity index (χ4n) is 5.44. The highest BCUT2D eigenvalue weighted by atomic mass is 16.5. The molecule has 0 bridgehead atoms. The summed E-state index contributed by atoms with van der Waals surface area (Å²) in [7, 11) is 0. The van der Waals surface area contributed by atoms with Crippen LogP contribution < -0.4 is 0 Å². The van der Waals surface area contributed by atoms with E-state index in [1.54, 1.807) is 0 Å². The number of fused-ring (bicyclic) bond motifs is 1. The SMILES string of the molecule is Cc1c(C(=O)CCCOC(C)C)ccc2nn(CC3CCN(C(=O)c4ccc(C5CC5)cc4)CC3)cc12. The Balaban J connectivity index is 1.15. The third-order valence-electron chi connectivity index (χ3n) is 7.86. The number of aryl methyl sites for hydroxylation is 1. The lowest BCUT2D eigenvalue weighted by Crippen LogP contribution is -2.39. The number of likely N-dealkylation sites (tertiary alicyclic amines) is 1. The molecule has 2 fully saturated rings. The van der Waals surface area contributed by atoms with Crippen LogP contribution in [0, 0.1) is 12.8 Å². The summed E-state index contributed by atoms with van der Waals surface area (Å²) >= 11 is 0. The zero-order valence-corrected chi connectivity index (χ0v) is 22.4. The lowest BCUT2D eigenvalue weighted by atomic mass is 9.96. The van der Waals surface area contributed by atoms with E-state index in [0.29, 0.717) is 24.9 Å². The van der Waals surface area contributed by atoms with Crippen molar-refractivity contribution in [2.24, 2.45) is 5.92 Å². The van der Waals surface area contributed by atoms with Gasteiger partial charge in [0.1, 0.15) is 0 Å². The molecule has 1 aliphatic carbocycles. The van der Waals surface area contributed by atoms with E-state index in [4.69, 9.17) is 9.84 Å². The highest BCUT2D eigenvalue weighted by Gasteiger charge is 2.26. The summed E-state index contributed by atoms with van der Waals surface area (Å²) < 4.78 is 7.60. The lowest BCUT2D eigenvalue weighted by Gasteiger charge is -2.32. The van der Waals surface area contributed by atoms with Gasteiger partial charge in [0, 0.05) is 55.4 Å². The van der Waals surface area contributed by atoms with Crippen LogP contribution in [-0.2, 0) is 11.3 Å². The summed E-state index contributed by atoms with van der Waals surface area (Å²) in [5.41, 5.74) is 4.89. The second-order valence-electron chi connectivity index (χ2n) is 11.1. The fourth-order valence-corrected chi connectivity index (χ4v) is 5.44. The molecule has 0 radical (unpaired) electrons. The monoisotopic (exact) mass is 501 g/mol. The Bertz CT molecular complexity index is 1250. The lowest BCUT2D eigenvalue weighted by molar-refractivity contribution is 0.0681. The zero-order chi connectivity index (χ0) is 25.9. The minimum atomic E-state index is 0.147. The Morgan fingerprint density at radius 2 is 1.76 bits per heavy atom. The molecule has 1 aliphatic heterocycles. The Morgan fingerprint density at radius 3 is 2.43 bits per heavy atom. The van der Waals surface area contributed by atoms with Crippen molar-refractivity contribution in [3.8, 4) is 0 Å². The number of rotatable bonds is 10. The maximum absolute atomic E-state index is 13.0. The average molecular weight is 502 g/mol. The van der Waals surface area contributed by atoms with Crippen molar-refractivity contribution >= 4 is 22.6 Å². The maximum Gasteiger partial charge on any atom is 0.253 e. The first-order valence-electron chi connectivity index (χ1n) is 13.9. The second kappa shape index (κ2) is 11.2. The minimum absolute atomic E-state index is 0.147. The molecule has 1 aromatic heterocycles. The Hall–Kier alpha value is -2.99. The van der Waals surface area contributed by atoms with Crippen LogP contribution >= 0.6 is 0 Å². The van der Waals surface area contributed by atoms with Gasteiger partial charge in [0.05, 0.1) is 11.6 Å². The highest BCUT2D eigenvalue weighted by molar-refractivity contribution is 6.01. The van der Waals surface area contributed by atoms with Crippen molar-refractivity contribution in [2.75, 3.05) is 19.7 Å². The molecule has 5 rings (SSSR count). The van der Waals surface area contributed by atoms with Gasteiger partial charge in [-0.05, 0) is 100 Å². The molecular weight excluding hydrogens is 462 g/mol. The number of carbonyl (C=O) groups excluding carboxylic acids is 2. The molecule has 0 atom stereocenters. The molecule has 0 spiro atoms. The number of piperidine rings is 1. The summed E-state index contributed by atoms with van der Waals surface area (Å²) in [4.78, 5) is 27.8. The molecule has 1 saturated carbocycles. The minimum Gasteiger partial charge on any atom is -0.379 e. The van der Waals surface area contributed by atoms with E-state index in [2.05, 4.69) is 18.3 Å². The predicted molar refractivity (Wildman–Crippen MR) is 146 cm³/mol. The summed E-state index contributed by atoms with van der Waals surface area (Å²) in [5, 5.41) is 5.84. The van der Waals surface area contributed by atoms with Gasteiger partial charge >= 0.3 is 0 Å². The van der Waals surface area contributed by atoms with Crippen molar-refractivity contribution in [2.45, 2.75) is 77.9 Å². The van der Waals surface area contributed by atoms with E-state index < -0.39 is 0 Å². The van der Waals surface area contributed by atoms with Crippen LogP contribution in [0.2, 0.25) is 0 Å². The van der Waals surface area contributed by atoms with Gasteiger partial charge in [-0.15, -0.1) is 0 Å². The predicted octanol–water partition coefficient (Wildman–Crippen LogP) is 6.16. The number of carbonyl (C=O) groups is 2. The van der Waals surface area contributed by atoms with Crippen LogP contribution in [0.1, 0.15) is 90.1 Å². The quantitative estimate of drug-likeness (QED) is 0.246. The van der Waals surface area contributed by atoms with Gasteiger partial charge in [0.15, 0.2) is 5.78 Å². The van der Waals surface area contributed by atoms with E-state index >= 15 is 0 Å². The zero-order valence-electron chi connectivity index (χ0n) is 22.4. The van der Waals surface area contributed by atoms with E-state index in [1.807, 2.05) is 54.6 Å². The number of benzene rings is 2. The standard InChI is InChI=1S/C31H39N3O3/c1-21(2)37-18-4-5-30(35)27-12-13-29-28(22(27)3)20-34(32-29)19-23-14-16-33(17-15-23)31(36)26-10-8-25(9-11-26)24-6-7-24/h8-13,20-21,23-24H,4-7,14-19H2,1-3H3. The van der Waals surface area contributed by atoms with Crippen LogP contribution in [0.25, 0.3) is 10.9 Å². The topological polar surface area (TPSA) is 64.4 Å². The average Bonchev–Trinajstić information content (AvgIpc) is 3.67. The highest BCUT2D eigenvalue weighted by Crippen LogP contribution is 2.40. The van der Waals surface area contributed by atoms with Crippen molar-refractivity contribution in [1.82, 2.24) is 14.7 Å². The molecule has 6 heteroatoms. The number of Topliss-reactive ketones (excluding diaryl/α,β-unsaturated/α-hetero) is 1. The maximum atomic E-state index is 13.0. The Labute approximate surface area is 220 Å². The number of amides is 1. The molecule has 2 aliphatic rings.